The summed E-state index contributed by atoms with van der Waals surface area (Å²) in [4.78, 5) is 0. The second-order valence-corrected chi connectivity index (χ2v) is 69.5. The molecule has 6 heteroatoms. The van der Waals surface area contributed by atoms with Crippen molar-refractivity contribution in [3.05, 3.63) is 0 Å². The molecule has 0 aromatic heterocycles. The van der Waals surface area contributed by atoms with Crippen LogP contribution in [0.4, 0.5) is 0 Å². The Morgan fingerprint density at radius 3 is 1.00 bits per heavy atom. The Labute approximate surface area is 68.6 Å². The molecule has 0 aromatic carbocycles. The molecule has 0 atom stereocenters. The van der Waals surface area contributed by atoms with Crippen LogP contribution < -0.4 is 0 Å². The Morgan fingerprint density at radius 2 is 1.00 bits per heavy atom. The minimum absolute atomic E-state index is 2.54. The van der Waals surface area contributed by atoms with Crippen LogP contribution in [0.5, 0.6) is 0 Å². The third kappa shape index (κ3) is 30.2. The van der Waals surface area contributed by atoms with Crippen molar-refractivity contribution in [3.8, 4) is 0 Å². The van der Waals surface area contributed by atoms with Gasteiger partial charge in [0, 0.05) is 0 Å². The molecule has 0 spiro atoms. The van der Waals surface area contributed by atoms with Crippen molar-refractivity contribution in [2.75, 3.05) is 0 Å². The second kappa shape index (κ2) is 2.12. The molecule has 0 nitrogen and oxygen atoms in total. The monoisotopic (exact) mass is 428 g/mol. The van der Waals surface area contributed by atoms with E-state index in [4.69, 9.17) is 10.6 Å². The summed E-state index contributed by atoms with van der Waals surface area (Å²) in [5, 5.41) is 0. The standard InChI is InChI=1S/Br4SSe/c1-6(2,3,4)5. The summed E-state index contributed by atoms with van der Waals surface area (Å²) >= 11 is 12.8. The van der Waals surface area contributed by atoms with E-state index in [0.717, 1.165) is 0 Å². The molecule has 0 aliphatic carbocycles. The topological polar surface area (TPSA) is 0 Å². The van der Waals surface area contributed by atoms with Crippen LogP contribution in [0.1, 0.15) is 0 Å². The van der Waals surface area contributed by atoms with Crippen molar-refractivity contribution in [2.24, 2.45) is 0 Å². The molecule has 0 amide bonds. The molecule has 0 heterocycles. The average molecular weight is 431 g/mol. The molecule has 0 N–H and O–H groups in total. The molecular weight excluding hydrogens is 431 g/mol. The molecule has 0 aliphatic heterocycles. The molecule has 0 saturated carbocycles. The van der Waals surface area contributed by atoms with E-state index in [9.17, 15) is 0 Å². The molecular formula is Br4SSe. The van der Waals surface area contributed by atoms with E-state index in [-0.39, 0.29) is 0 Å². The van der Waals surface area contributed by atoms with E-state index < -0.39 is 2.93 Å². The van der Waals surface area contributed by atoms with Gasteiger partial charge in [-0.3, -0.25) is 0 Å². The van der Waals surface area contributed by atoms with Gasteiger partial charge in [-0.1, -0.05) is 0 Å². The predicted molar refractivity (Wildman–Crippen MR) is 49.1 cm³/mol. The van der Waals surface area contributed by atoms with Crippen LogP contribution in [0.15, 0.2) is 0 Å². The Kier molecular flexibility index (Phi) is 3.06. The van der Waals surface area contributed by atoms with Crippen molar-refractivity contribution in [2.45, 2.75) is 0 Å². The summed E-state index contributed by atoms with van der Waals surface area (Å²) < 4.78 is -2.54. The Morgan fingerprint density at radius 1 is 1.00 bits per heavy atom. The quantitative estimate of drug-likeness (QED) is 0.529. The Hall–Kier alpha value is 2.66. The van der Waals surface area contributed by atoms with Crippen LogP contribution in [0.3, 0.4) is 0 Å². The maximum atomic E-state index is 4.87. The second-order valence-electron chi connectivity index (χ2n) is 0.602. The molecule has 40 valence electrons. The molecule has 0 unspecified atom stereocenters. The van der Waals surface area contributed by atoms with Crippen LogP contribution >= 0.6 is 67.0 Å². The minimum atomic E-state index is -2.54. The first-order chi connectivity index (χ1) is 2.24. The zero-order valence-corrected chi connectivity index (χ0v) is 11.2. The number of rotatable bonds is 0. The molecule has 6 heavy (non-hydrogen) atoms. The van der Waals surface area contributed by atoms with Gasteiger partial charge in [-0.25, -0.2) is 0 Å². The zero-order chi connectivity index (χ0) is 5.45. The van der Waals surface area contributed by atoms with Crippen LogP contribution in [-0.4, -0.2) is 2.93 Å². The zero-order valence-electron chi connectivity index (χ0n) is 2.33. The Balaban J connectivity index is 4.16. The third-order valence-corrected chi connectivity index (χ3v) is 0. The van der Waals surface area contributed by atoms with Crippen molar-refractivity contribution in [3.63, 3.8) is 0 Å². The van der Waals surface area contributed by atoms with E-state index in [1.165, 1.54) is 0 Å². The summed E-state index contributed by atoms with van der Waals surface area (Å²) in [6.45, 7) is 0. The number of hydrogen-bond donors (Lipinski definition) is 0. The SMILES string of the molecule is S=[Se](Br)(Br)(Br)Br. The summed E-state index contributed by atoms with van der Waals surface area (Å²) in [5.41, 5.74) is 0. The fourth-order valence-corrected chi connectivity index (χ4v) is 0. The predicted octanol–water partition coefficient (Wildman–Crippen LogP) is 3.65. The molecule has 0 rings (SSSR count). The van der Waals surface area contributed by atoms with E-state index in [0.29, 0.717) is 0 Å². The van der Waals surface area contributed by atoms with Gasteiger partial charge >= 0.3 is 69.9 Å². The molecule has 0 aromatic rings. The van der Waals surface area contributed by atoms with Gasteiger partial charge < -0.3 is 0 Å². The van der Waals surface area contributed by atoms with Crippen LogP contribution in [-0.2, 0) is 0 Å². The number of hydrogen-bond acceptors (Lipinski definition) is 1. The fourth-order valence-electron chi connectivity index (χ4n) is 0. The van der Waals surface area contributed by atoms with Gasteiger partial charge in [-0.2, -0.15) is 0 Å². The maximum absolute atomic E-state index is 4.87. The van der Waals surface area contributed by atoms with E-state index in [1.807, 2.05) is 0 Å². The third-order valence-electron chi connectivity index (χ3n) is 0. The first kappa shape index (κ1) is 8.66. The van der Waals surface area contributed by atoms with Crippen molar-refractivity contribution >= 4 is 69.9 Å². The van der Waals surface area contributed by atoms with Crippen LogP contribution in [0.25, 0.3) is 0 Å². The molecule has 0 fully saturated rings. The first-order valence-electron chi connectivity index (χ1n) is 0.784. The van der Waals surface area contributed by atoms with Gasteiger partial charge in [0.1, 0.15) is 0 Å². The normalized spacial score (nSPS) is 19.0. The van der Waals surface area contributed by atoms with Crippen molar-refractivity contribution in [1.82, 2.24) is 0 Å². The van der Waals surface area contributed by atoms with Crippen LogP contribution in [0.2, 0.25) is 0 Å². The molecule has 0 bridgehead atoms. The summed E-state index contributed by atoms with van der Waals surface area (Å²) in [6.07, 6.45) is 0. The first-order valence-corrected chi connectivity index (χ1v) is 19.3. The van der Waals surface area contributed by atoms with Crippen LogP contribution in [0, 0.1) is 0 Å². The van der Waals surface area contributed by atoms with Crippen molar-refractivity contribution < 1.29 is 0 Å². The molecule has 0 saturated heterocycles. The van der Waals surface area contributed by atoms with E-state index in [2.05, 4.69) is 56.4 Å². The van der Waals surface area contributed by atoms with Gasteiger partial charge in [0.2, 0.25) is 0 Å². The summed E-state index contributed by atoms with van der Waals surface area (Å²) in [7, 11) is 4.87. The molecule has 0 radical (unpaired) electrons. The summed E-state index contributed by atoms with van der Waals surface area (Å²) in [6, 6.07) is 0. The summed E-state index contributed by atoms with van der Waals surface area (Å²) in [5.74, 6) is 0. The number of halogens is 4. The van der Waals surface area contributed by atoms with E-state index in [1.54, 1.807) is 0 Å². The Bertz CT molecular complexity index is 85.2. The van der Waals surface area contributed by atoms with Gasteiger partial charge in [-0.15, -0.1) is 0 Å². The average Bonchev–Trinajstić information content (AvgIpc) is 0.650. The van der Waals surface area contributed by atoms with Gasteiger partial charge in [-0.05, 0) is 0 Å². The van der Waals surface area contributed by atoms with E-state index >= 15 is 0 Å². The molecule has 0 aliphatic rings. The van der Waals surface area contributed by atoms with Gasteiger partial charge in [0.25, 0.3) is 0 Å². The van der Waals surface area contributed by atoms with Crippen molar-refractivity contribution in [1.29, 1.82) is 0 Å². The van der Waals surface area contributed by atoms with Gasteiger partial charge in [0.15, 0.2) is 0 Å². The fraction of sp³-hybridized carbons (Fsp3) is 0. The van der Waals surface area contributed by atoms with Gasteiger partial charge in [0.05, 0.1) is 0 Å².